The molecule has 0 aromatic rings. The van der Waals surface area contributed by atoms with E-state index < -0.39 is 8.07 Å². The monoisotopic (exact) mass is 274 g/mol. The maximum Gasteiger partial charge on any atom is 0.0728 e. The Morgan fingerprint density at radius 1 is 1.16 bits per heavy atom. The van der Waals surface area contributed by atoms with Crippen molar-refractivity contribution in [2.45, 2.75) is 71.0 Å². The van der Waals surface area contributed by atoms with E-state index >= 15 is 0 Å². The van der Waals surface area contributed by atoms with Crippen molar-refractivity contribution in [1.29, 1.82) is 0 Å². The van der Waals surface area contributed by atoms with Crippen molar-refractivity contribution in [3.05, 3.63) is 35.1 Å². The summed E-state index contributed by atoms with van der Waals surface area (Å²) in [6.45, 7) is 7.37. The van der Waals surface area contributed by atoms with Crippen LogP contribution in [-0.4, -0.2) is 8.07 Å². The largest absolute Gasteiger partial charge is 0.0810 e. The van der Waals surface area contributed by atoms with Crippen LogP contribution in [0.2, 0.25) is 19.6 Å². The second-order valence-corrected chi connectivity index (χ2v) is 12.5. The zero-order valence-electron chi connectivity index (χ0n) is 13.0. The summed E-state index contributed by atoms with van der Waals surface area (Å²) in [5.41, 5.74) is 1.57. The molecule has 0 N–H and O–H groups in total. The molecule has 2 aliphatic carbocycles. The fraction of sp³-hybridized carbons (Fsp3) is 0.667. The van der Waals surface area contributed by atoms with Crippen LogP contribution in [0.4, 0.5) is 0 Å². The molecule has 0 aromatic carbocycles. The molecule has 1 fully saturated rings. The summed E-state index contributed by atoms with van der Waals surface area (Å²) < 4.78 is 0. The summed E-state index contributed by atoms with van der Waals surface area (Å²) in [6, 6.07) is 0. The van der Waals surface area contributed by atoms with E-state index in [2.05, 4.69) is 43.9 Å². The van der Waals surface area contributed by atoms with E-state index in [0.29, 0.717) is 0 Å². The van der Waals surface area contributed by atoms with E-state index in [1.807, 2.05) is 0 Å². The van der Waals surface area contributed by atoms with E-state index in [4.69, 9.17) is 0 Å². The molecule has 0 radical (unpaired) electrons. The predicted molar refractivity (Wildman–Crippen MR) is 89.1 cm³/mol. The van der Waals surface area contributed by atoms with Gasteiger partial charge in [0, 0.05) is 0 Å². The van der Waals surface area contributed by atoms with Crippen molar-refractivity contribution in [1.82, 2.24) is 0 Å². The number of allylic oxidation sites excluding steroid dienone is 6. The molecule has 0 aliphatic heterocycles. The minimum atomic E-state index is -1.10. The maximum atomic E-state index is 2.51. The fourth-order valence-electron chi connectivity index (χ4n) is 3.26. The van der Waals surface area contributed by atoms with Crippen LogP contribution in [0.25, 0.3) is 0 Å². The number of rotatable bonds is 4. The predicted octanol–water partition coefficient (Wildman–Crippen LogP) is 6.04. The van der Waals surface area contributed by atoms with Gasteiger partial charge in [-0.25, -0.2) is 0 Å². The van der Waals surface area contributed by atoms with Crippen LogP contribution in [0.15, 0.2) is 35.1 Å². The molecule has 2 aliphatic rings. The molecule has 0 aromatic heterocycles. The van der Waals surface area contributed by atoms with Crippen LogP contribution >= 0.6 is 0 Å². The minimum absolute atomic E-state index is 1.02. The Kier molecular flexibility index (Phi) is 5.26. The molecule has 0 atom stereocenters. The third kappa shape index (κ3) is 4.80. The quantitative estimate of drug-likeness (QED) is 0.548. The lowest BCUT2D eigenvalue weighted by atomic mass is 9.86. The average Bonchev–Trinajstić information content (AvgIpc) is 2.39. The third-order valence-corrected chi connectivity index (χ3v) is 6.94. The molecule has 0 spiro atoms. The lowest BCUT2D eigenvalue weighted by molar-refractivity contribution is 0.341. The van der Waals surface area contributed by atoms with Gasteiger partial charge in [-0.05, 0) is 30.8 Å². The Bertz CT molecular complexity index is 373. The van der Waals surface area contributed by atoms with Gasteiger partial charge < -0.3 is 0 Å². The first-order chi connectivity index (χ1) is 9.05. The van der Waals surface area contributed by atoms with Crippen molar-refractivity contribution in [2.24, 2.45) is 5.92 Å². The molecule has 0 heterocycles. The minimum Gasteiger partial charge on any atom is -0.0810 e. The van der Waals surface area contributed by atoms with Gasteiger partial charge in [-0.1, -0.05) is 81.2 Å². The van der Waals surface area contributed by atoms with Crippen LogP contribution in [0.5, 0.6) is 0 Å². The van der Waals surface area contributed by atoms with Crippen molar-refractivity contribution >= 4 is 8.07 Å². The van der Waals surface area contributed by atoms with Crippen molar-refractivity contribution in [2.75, 3.05) is 0 Å². The normalized spacial score (nSPS) is 23.7. The van der Waals surface area contributed by atoms with Gasteiger partial charge in [0.05, 0.1) is 8.07 Å². The highest BCUT2D eigenvalue weighted by Gasteiger charge is 2.20. The fourth-order valence-corrected chi connectivity index (χ4v) is 4.59. The molecule has 0 nitrogen and oxygen atoms in total. The van der Waals surface area contributed by atoms with Gasteiger partial charge in [-0.3, -0.25) is 0 Å². The van der Waals surface area contributed by atoms with Crippen LogP contribution in [0, 0.1) is 5.92 Å². The molecule has 1 saturated carbocycles. The topological polar surface area (TPSA) is 0 Å². The van der Waals surface area contributed by atoms with Gasteiger partial charge in [-0.2, -0.15) is 0 Å². The molecule has 0 unspecified atom stereocenters. The highest BCUT2D eigenvalue weighted by atomic mass is 28.3. The summed E-state index contributed by atoms with van der Waals surface area (Å²) in [4.78, 5) is 0. The summed E-state index contributed by atoms with van der Waals surface area (Å²) in [5, 5.41) is 1.71. The molecule has 0 saturated heterocycles. The smallest absolute Gasteiger partial charge is 0.0728 e. The van der Waals surface area contributed by atoms with Crippen LogP contribution in [0.3, 0.4) is 0 Å². The van der Waals surface area contributed by atoms with Gasteiger partial charge in [0.1, 0.15) is 0 Å². The Morgan fingerprint density at radius 2 is 1.89 bits per heavy atom. The van der Waals surface area contributed by atoms with E-state index in [9.17, 15) is 0 Å². The molecule has 19 heavy (non-hydrogen) atoms. The van der Waals surface area contributed by atoms with Crippen LogP contribution < -0.4 is 0 Å². The summed E-state index contributed by atoms with van der Waals surface area (Å²) in [5.74, 6) is 1.02. The SMILES string of the molecule is C[Si](C)(C)C1=CC=CC(=CCCC2CCCCC2)C1. The van der Waals surface area contributed by atoms with E-state index in [1.54, 1.807) is 10.8 Å². The third-order valence-electron chi connectivity index (χ3n) is 4.67. The molecular formula is C18H30Si. The van der Waals surface area contributed by atoms with Gasteiger partial charge in [0.25, 0.3) is 0 Å². The summed E-state index contributed by atoms with van der Waals surface area (Å²) in [7, 11) is -1.10. The Hall–Kier alpha value is -0.563. The van der Waals surface area contributed by atoms with E-state index in [1.165, 1.54) is 51.4 Å². The van der Waals surface area contributed by atoms with Crippen LogP contribution in [-0.2, 0) is 0 Å². The summed E-state index contributed by atoms with van der Waals surface area (Å²) >= 11 is 0. The average molecular weight is 275 g/mol. The van der Waals surface area contributed by atoms with E-state index in [0.717, 1.165) is 5.92 Å². The first-order valence-electron chi connectivity index (χ1n) is 8.12. The maximum absolute atomic E-state index is 2.51. The molecule has 1 heteroatoms. The molecule has 106 valence electrons. The van der Waals surface area contributed by atoms with Gasteiger partial charge in [-0.15, -0.1) is 0 Å². The van der Waals surface area contributed by atoms with E-state index in [-0.39, 0.29) is 0 Å². The molecular weight excluding hydrogens is 244 g/mol. The Morgan fingerprint density at radius 3 is 2.58 bits per heavy atom. The first kappa shape index (κ1) is 14.8. The van der Waals surface area contributed by atoms with Crippen molar-refractivity contribution < 1.29 is 0 Å². The van der Waals surface area contributed by atoms with Gasteiger partial charge in [0.15, 0.2) is 0 Å². The number of hydrogen-bond acceptors (Lipinski definition) is 0. The van der Waals surface area contributed by atoms with Gasteiger partial charge >= 0.3 is 0 Å². The second-order valence-electron chi connectivity index (χ2n) is 7.34. The number of hydrogen-bond donors (Lipinski definition) is 0. The highest BCUT2D eigenvalue weighted by Crippen LogP contribution is 2.29. The standard InChI is InChI=1S/C18H30Si/c1-19(2,3)18-14-8-13-17(15-18)12-7-11-16-9-5-4-6-10-16/h8,12-14,16H,4-7,9-11,15H2,1-3H3. The molecule has 0 bridgehead atoms. The first-order valence-corrected chi connectivity index (χ1v) is 11.6. The Balaban J connectivity index is 1.81. The zero-order valence-corrected chi connectivity index (χ0v) is 14.0. The Labute approximate surface area is 120 Å². The lowest BCUT2D eigenvalue weighted by Crippen LogP contribution is -2.24. The van der Waals surface area contributed by atoms with Crippen molar-refractivity contribution in [3.8, 4) is 0 Å². The summed E-state index contributed by atoms with van der Waals surface area (Å²) in [6.07, 6.45) is 20.8. The van der Waals surface area contributed by atoms with Gasteiger partial charge in [0.2, 0.25) is 0 Å². The molecule has 2 rings (SSSR count). The zero-order chi connectivity index (χ0) is 13.7. The second kappa shape index (κ2) is 6.74. The highest BCUT2D eigenvalue weighted by molar-refractivity contribution is 6.83. The van der Waals surface area contributed by atoms with Crippen molar-refractivity contribution in [3.63, 3.8) is 0 Å². The van der Waals surface area contributed by atoms with Crippen LogP contribution in [0.1, 0.15) is 51.4 Å². The lowest BCUT2D eigenvalue weighted by Gasteiger charge is -2.24. The molecule has 0 amide bonds.